The second kappa shape index (κ2) is 3.59. The predicted octanol–water partition coefficient (Wildman–Crippen LogP) is 2.18. The van der Waals surface area contributed by atoms with Gasteiger partial charge in [-0.15, -0.1) is 0 Å². The summed E-state index contributed by atoms with van der Waals surface area (Å²) >= 11 is 0. The summed E-state index contributed by atoms with van der Waals surface area (Å²) in [6, 6.07) is 1.65. The molecule has 4 heteroatoms. The van der Waals surface area contributed by atoms with Crippen LogP contribution in [-0.2, 0) is 0 Å². The standard InChI is InChI=1S/C14H20N4/c15-11-6-12(16)18-14(17-11)13-9-2-7-1-8(4-9)5-10(13)3-7/h6-10,13H,1-5H2,(H4,15,16,17,18). The molecule has 0 saturated heterocycles. The lowest BCUT2D eigenvalue weighted by atomic mass is 9.51. The Kier molecular flexibility index (Phi) is 2.11. The Bertz CT molecular complexity index is 436. The molecule has 0 unspecified atom stereocenters. The number of aromatic nitrogens is 2. The molecule has 1 heterocycles. The zero-order valence-electron chi connectivity index (χ0n) is 10.5. The highest BCUT2D eigenvalue weighted by Crippen LogP contribution is 2.59. The molecular formula is C14H20N4. The summed E-state index contributed by atoms with van der Waals surface area (Å²) in [4.78, 5) is 8.93. The molecule has 96 valence electrons. The maximum atomic E-state index is 5.82. The SMILES string of the molecule is Nc1cc(N)nc(C2C3CC4CC(C3)CC2C4)n1. The summed E-state index contributed by atoms with van der Waals surface area (Å²) in [5.74, 6) is 5.98. The fourth-order valence-electron chi connectivity index (χ4n) is 5.00. The molecule has 4 aliphatic carbocycles. The van der Waals surface area contributed by atoms with Crippen molar-refractivity contribution in [1.29, 1.82) is 0 Å². The van der Waals surface area contributed by atoms with Gasteiger partial charge in [0.15, 0.2) is 0 Å². The molecule has 0 amide bonds. The average molecular weight is 244 g/mol. The van der Waals surface area contributed by atoms with Crippen molar-refractivity contribution >= 4 is 11.6 Å². The van der Waals surface area contributed by atoms with Crippen molar-refractivity contribution in [3.05, 3.63) is 11.9 Å². The van der Waals surface area contributed by atoms with Crippen LogP contribution in [0.15, 0.2) is 6.07 Å². The highest BCUT2D eigenvalue weighted by atomic mass is 15.0. The van der Waals surface area contributed by atoms with E-state index in [9.17, 15) is 0 Å². The largest absolute Gasteiger partial charge is 0.384 e. The van der Waals surface area contributed by atoms with Crippen LogP contribution in [-0.4, -0.2) is 9.97 Å². The first kappa shape index (κ1) is 10.6. The van der Waals surface area contributed by atoms with Gasteiger partial charge in [-0.1, -0.05) is 0 Å². The molecule has 0 radical (unpaired) electrons. The van der Waals surface area contributed by atoms with E-state index in [0.29, 0.717) is 17.6 Å². The second-order valence-electron chi connectivity index (χ2n) is 6.53. The highest BCUT2D eigenvalue weighted by molar-refractivity contribution is 5.41. The smallest absolute Gasteiger partial charge is 0.136 e. The summed E-state index contributed by atoms with van der Waals surface area (Å²) < 4.78 is 0. The van der Waals surface area contributed by atoms with Crippen LogP contribution in [0.2, 0.25) is 0 Å². The van der Waals surface area contributed by atoms with E-state index < -0.39 is 0 Å². The Balaban J connectivity index is 1.72. The normalized spacial score (nSPS) is 41.2. The number of anilines is 2. The van der Waals surface area contributed by atoms with Crippen LogP contribution in [0, 0.1) is 23.7 Å². The minimum absolute atomic E-state index is 0.517. The van der Waals surface area contributed by atoms with E-state index >= 15 is 0 Å². The van der Waals surface area contributed by atoms with E-state index in [-0.39, 0.29) is 0 Å². The molecular weight excluding hydrogens is 224 g/mol. The number of hydrogen-bond acceptors (Lipinski definition) is 4. The molecule has 0 aliphatic heterocycles. The zero-order chi connectivity index (χ0) is 12.3. The van der Waals surface area contributed by atoms with Crippen molar-refractivity contribution in [3.63, 3.8) is 0 Å². The van der Waals surface area contributed by atoms with Crippen molar-refractivity contribution in [1.82, 2.24) is 9.97 Å². The predicted molar refractivity (Wildman–Crippen MR) is 70.6 cm³/mol. The Hall–Kier alpha value is -1.32. The molecule has 1 aromatic heterocycles. The molecule has 4 N–H and O–H groups in total. The monoisotopic (exact) mass is 244 g/mol. The first-order valence-electron chi connectivity index (χ1n) is 7.09. The maximum Gasteiger partial charge on any atom is 0.136 e. The van der Waals surface area contributed by atoms with Gasteiger partial charge in [0.05, 0.1) is 0 Å². The first-order chi connectivity index (χ1) is 8.69. The Morgan fingerprint density at radius 3 is 1.83 bits per heavy atom. The second-order valence-corrected chi connectivity index (χ2v) is 6.53. The Labute approximate surface area is 107 Å². The minimum Gasteiger partial charge on any atom is -0.384 e. The van der Waals surface area contributed by atoms with Gasteiger partial charge in [-0.05, 0) is 55.8 Å². The van der Waals surface area contributed by atoms with Crippen molar-refractivity contribution in [2.75, 3.05) is 11.5 Å². The molecule has 5 rings (SSSR count). The minimum atomic E-state index is 0.517. The van der Waals surface area contributed by atoms with Gasteiger partial charge in [-0.2, -0.15) is 0 Å². The van der Waals surface area contributed by atoms with E-state index in [1.165, 1.54) is 32.1 Å². The molecule has 4 bridgehead atoms. The van der Waals surface area contributed by atoms with Crippen molar-refractivity contribution in [2.24, 2.45) is 23.7 Å². The van der Waals surface area contributed by atoms with E-state index in [4.69, 9.17) is 11.5 Å². The number of nitrogen functional groups attached to an aromatic ring is 2. The molecule has 0 atom stereocenters. The van der Waals surface area contributed by atoms with E-state index in [1.54, 1.807) is 6.07 Å². The molecule has 1 aromatic rings. The van der Waals surface area contributed by atoms with Gasteiger partial charge in [0.25, 0.3) is 0 Å². The zero-order valence-corrected chi connectivity index (χ0v) is 10.5. The van der Waals surface area contributed by atoms with E-state index in [0.717, 1.165) is 29.5 Å². The fourth-order valence-corrected chi connectivity index (χ4v) is 5.00. The summed E-state index contributed by atoms with van der Waals surface area (Å²) in [6.45, 7) is 0. The third kappa shape index (κ3) is 1.51. The average Bonchev–Trinajstić information content (AvgIpc) is 2.25. The van der Waals surface area contributed by atoms with Crippen molar-refractivity contribution in [3.8, 4) is 0 Å². The van der Waals surface area contributed by atoms with Crippen molar-refractivity contribution in [2.45, 2.75) is 38.0 Å². The third-order valence-electron chi connectivity index (χ3n) is 5.31. The van der Waals surface area contributed by atoms with Crippen LogP contribution in [0.5, 0.6) is 0 Å². The quantitative estimate of drug-likeness (QED) is 0.793. The third-order valence-corrected chi connectivity index (χ3v) is 5.31. The van der Waals surface area contributed by atoms with E-state index in [2.05, 4.69) is 9.97 Å². The Morgan fingerprint density at radius 1 is 0.833 bits per heavy atom. The summed E-state index contributed by atoms with van der Waals surface area (Å²) in [7, 11) is 0. The number of rotatable bonds is 1. The van der Waals surface area contributed by atoms with Gasteiger partial charge in [0, 0.05) is 12.0 Å². The molecule has 0 spiro atoms. The molecule has 4 aliphatic rings. The van der Waals surface area contributed by atoms with E-state index in [1.807, 2.05) is 0 Å². The van der Waals surface area contributed by atoms with Crippen molar-refractivity contribution < 1.29 is 0 Å². The first-order valence-corrected chi connectivity index (χ1v) is 7.09. The van der Waals surface area contributed by atoms with Gasteiger partial charge in [0.1, 0.15) is 17.5 Å². The van der Waals surface area contributed by atoms with Crippen LogP contribution in [0.3, 0.4) is 0 Å². The van der Waals surface area contributed by atoms with Crippen LogP contribution >= 0.6 is 0 Å². The lowest BCUT2D eigenvalue weighted by Crippen LogP contribution is -2.44. The Morgan fingerprint density at radius 2 is 1.33 bits per heavy atom. The molecule has 4 fully saturated rings. The fraction of sp³-hybridized carbons (Fsp3) is 0.714. The van der Waals surface area contributed by atoms with Gasteiger partial charge >= 0.3 is 0 Å². The number of nitrogens with zero attached hydrogens (tertiary/aromatic N) is 2. The summed E-state index contributed by atoms with van der Waals surface area (Å²) in [6.07, 6.45) is 6.95. The maximum absolute atomic E-state index is 5.82. The van der Waals surface area contributed by atoms with Crippen LogP contribution in [0.25, 0.3) is 0 Å². The van der Waals surface area contributed by atoms with Crippen LogP contribution < -0.4 is 11.5 Å². The van der Waals surface area contributed by atoms with Crippen LogP contribution in [0.1, 0.15) is 43.8 Å². The lowest BCUT2D eigenvalue weighted by Gasteiger charge is -2.53. The topological polar surface area (TPSA) is 77.8 Å². The number of hydrogen-bond donors (Lipinski definition) is 2. The molecule has 0 aromatic carbocycles. The summed E-state index contributed by atoms with van der Waals surface area (Å²) in [5, 5.41) is 0. The van der Waals surface area contributed by atoms with Crippen LogP contribution in [0.4, 0.5) is 11.6 Å². The van der Waals surface area contributed by atoms with Gasteiger partial charge < -0.3 is 11.5 Å². The van der Waals surface area contributed by atoms with Gasteiger partial charge in [-0.3, -0.25) is 0 Å². The van der Waals surface area contributed by atoms with Gasteiger partial charge in [-0.25, -0.2) is 9.97 Å². The number of nitrogens with two attached hydrogens (primary N) is 2. The molecule has 4 nitrogen and oxygen atoms in total. The highest BCUT2D eigenvalue weighted by Gasteiger charge is 2.49. The summed E-state index contributed by atoms with van der Waals surface area (Å²) in [5.41, 5.74) is 11.6. The van der Waals surface area contributed by atoms with Gasteiger partial charge in [0.2, 0.25) is 0 Å². The molecule has 4 saturated carbocycles. The lowest BCUT2D eigenvalue weighted by molar-refractivity contribution is -0.00554. The molecule has 18 heavy (non-hydrogen) atoms.